The third-order valence-corrected chi connectivity index (χ3v) is 3.60. The molecular weight excluding hydrogens is 319 g/mol. The highest BCUT2D eigenvalue weighted by atomic mass is 35.5. The zero-order valence-corrected chi connectivity index (χ0v) is 11.4. The van der Waals surface area contributed by atoms with Crippen LogP contribution in [0.1, 0.15) is 17.0 Å². The Hall–Kier alpha value is -1.25. The van der Waals surface area contributed by atoms with Gasteiger partial charge in [0.2, 0.25) is 0 Å². The van der Waals surface area contributed by atoms with Gasteiger partial charge < -0.3 is 5.32 Å². The van der Waals surface area contributed by atoms with Crippen molar-refractivity contribution >= 4 is 46.0 Å². The first-order valence-corrected chi connectivity index (χ1v) is 6.42. The lowest BCUT2D eigenvalue weighted by molar-refractivity contribution is 0.146. The monoisotopic (exact) mass is 323 g/mol. The second-order valence-electron chi connectivity index (χ2n) is 3.37. The van der Waals surface area contributed by atoms with E-state index in [1.807, 2.05) is 0 Å². The molecule has 0 bridgehead atoms. The molecule has 0 radical (unpaired) electrons. The minimum absolute atomic E-state index is 0.00650. The highest BCUT2D eigenvalue weighted by Crippen LogP contribution is 2.25. The molecule has 0 spiro atoms. The molecule has 0 saturated carbocycles. The summed E-state index contributed by atoms with van der Waals surface area (Å²) in [6, 6.07) is 3.93. The van der Waals surface area contributed by atoms with E-state index in [1.165, 1.54) is 12.1 Å². The Kier molecular flexibility index (Phi) is 4.33. The number of anilines is 1. The molecule has 100 valence electrons. The average Bonchev–Trinajstić information content (AvgIpc) is 2.83. The molecule has 0 unspecified atom stereocenters. The van der Waals surface area contributed by atoms with Gasteiger partial charge in [-0.05, 0) is 29.7 Å². The van der Waals surface area contributed by atoms with E-state index in [-0.39, 0.29) is 14.9 Å². The number of alkyl halides is 2. The zero-order valence-electron chi connectivity index (χ0n) is 9.03. The van der Waals surface area contributed by atoms with Gasteiger partial charge in [0.25, 0.3) is 6.43 Å². The van der Waals surface area contributed by atoms with Gasteiger partial charge in [0.05, 0.1) is 5.02 Å². The zero-order chi connectivity index (χ0) is 14.0. The van der Waals surface area contributed by atoms with E-state index in [2.05, 4.69) is 14.9 Å². The summed E-state index contributed by atoms with van der Waals surface area (Å²) in [5, 5.41) is 5.91. The molecule has 0 aliphatic rings. The minimum Gasteiger partial charge on any atom is -0.345 e. The molecule has 3 nitrogen and oxygen atoms in total. The summed E-state index contributed by atoms with van der Waals surface area (Å²) in [4.78, 5) is 0.0624. The Morgan fingerprint density at radius 3 is 2.79 bits per heavy atom. The van der Waals surface area contributed by atoms with Crippen LogP contribution in [0.25, 0.3) is 0 Å². The summed E-state index contributed by atoms with van der Waals surface area (Å²) < 4.78 is 41.9. The molecule has 1 heterocycles. The summed E-state index contributed by atoms with van der Waals surface area (Å²) in [5.41, 5.74) is -0.183. The van der Waals surface area contributed by atoms with Crippen LogP contribution in [-0.4, -0.2) is 14.6 Å². The van der Waals surface area contributed by atoms with E-state index in [0.29, 0.717) is 5.69 Å². The maximum Gasteiger partial charge on any atom is 0.283 e. The van der Waals surface area contributed by atoms with Gasteiger partial charge in [-0.25, -0.2) is 13.2 Å². The van der Waals surface area contributed by atoms with Crippen LogP contribution >= 0.6 is 35.4 Å². The largest absolute Gasteiger partial charge is 0.345 e. The lowest BCUT2D eigenvalue weighted by atomic mass is 10.3. The number of aromatic nitrogens is 2. The van der Waals surface area contributed by atoms with Crippen molar-refractivity contribution in [3.8, 4) is 0 Å². The van der Waals surface area contributed by atoms with E-state index in [9.17, 15) is 13.2 Å². The lowest BCUT2D eigenvalue weighted by Crippen LogP contribution is -2.11. The molecule has 0 aliphatic heterocycles. The fraction of sp³-hybridized carbons (Fsp3) is 0.100. The van der Waals surface area contributed by atoms with Crippen molar-refractivity contribution in [1.29, 1.82) is 0 Å². The average molecular weight is 324 g/mol. The molecule has 9 heteroatoms. The quantitative estimate of drug-likeness (QED) is 0.865. The van der Waals surface area contributed by atoms with Crippen LogP contribution in [0.3, 0.4) is 0 Å². The van der Waals surface area contributed by atoms with Crippen molar-refractivity contribution in [3.63, 3.8) is 0 Å². The van der Waals surface area contributed by atoms with Gasteiger partial charge in [-0.3, -0.25) is 0 Å². The van der Waals surface area contributed by atoms with Gasteiger partial charge >= 0.3 is 0 Å². The van der Waals surface area contributed by atoms with Crippen molar-refractivity contribution in [1.82, 2.24) is 9.59 Å². The van der Waals surface area contributed by atoms with Gasteiger partial charge in [0.1, 0.15) is 15.7 Å². The molecule has 2 rings (SSSR count). The summed E-state index contributed by atoms with van der Waals surface area (Å²) in [6.07, 6.45) is -2.77. The van der Waals surface area contributed by atoms with Gasteiger partial charge in [0.15, 0.2) is 5.69 Å². The maximum atomic E-state index is 13.2. The smallest absolute Gasteiger partial charge is 0.283 e. The molecular formula is C10H5ClF3N3S2. The molecule has 2 aromatic rings. The van der Waals surface area contributed by atoms with Crippen LogP contribution in [0, 0.1) is 5.82 Å². The molecule has 0 aliphatic carbocycles. The van der Waals surface area contributed by atoms with Crippen LogP contribution in [0.4, 0.5) is 18.9 Å². The lowest BCUT2D eigenvalue weighted by Gasteiger charge is -2.07. The van der Waals surface area contributed by atoms with Crippen molar-refractivity contribution in [2.75, 3.05) is 5.32 Å². The summed E-state index contributed by atoms with van der Waals surface area (Å²) in [6.45, 7) is 0. The maximum absolute atomic E-state index is 13.2. The van der Waals surface area contributed by atoms with Gasteiger partial charge in [-0.2, -0.15) is 0 Å². The molecule has 19 heavy (non-hydrogen) atoms. The van der Waals surface area contributed by atoms with E-state index in [4.69, 9.17) is 23.8 Å². The fourth-order valence-electron chi connectivity index (χ4n) is 1.26. The molecule has 1 aromatic carbocycles. The van der Waals surface area contributed by atoms with Gasteiger partial charge in [0, 0.05) is 5.69 Å². The number of hydrogen-bond donors (Lipinski definition) is 1. The van der Waals surface area contributed by atoms with Crippen molar-refractivity contribution in [3.05, 3.63) is 39.6 Å². The van der Waals surface area contributed by atoms with Crippen LogP contribution in [-0.2, 0) is 0 Å². The Bertz CT molecular complexity index is 618. The van der Waals surface area contributed by atoms with Crippen molar-refractivity contribution in [2.45, 2.75) is 6.43 Å². The molecule has 1 N–H and O–H groups in total. The van der Waals surface area contributed by atoms with Gasteiger partial charge in [-0.15, -0.1) is 5.10 Å². The number of nitrogens with one attached hydrogen (secondary N) is 1. The molecule has 1 aromatic heterocycles. The third kappa shape index (κ3) is 3.20. The predicted molar refractivity (Wildman–Crippen MR) is 71.6 cm³/mol. The number of hydrogen-bond acceptors (Lipinski definition) is 4. The van der Waals surface area contributed by atoms with E-state index >= 15 is 0 Å². The standard InChI is InChI=1S/C10H5ClF3N3S2/c11-5-2-1-4(3-6(5)12)15-10(18)8-7(9(13)14)16-17-19-8/h1-3,9H,(H,15,18). The normalized spacial score (nSPS) is 10.8. The summed E-state index contributed by atoms with van der Waals surface area (Å²) in [5.74, 6) is -0.633. The van der Waals surface area contributed by atoms with E-state index < -0.39 is 17.9 Å². The second-order valence-corrected chi connectivity index (χ2v) is 4.94. The van der Waals surface area contributed by atoms with E-state index in [0.717, 1.165) is 17.6 Å². The Morgan fingerprint density at radius 1 is 1.42 bits per heavy atom. The first kappa shape index (κ1) is 14.2. The summed E-state index contributed by atoms with van der Waals surface area (Å²) in [7, 11) is 0. The number of rotatable bonds is 3. The number of halogens is 4. The topological polar surface area (TPSA) is 37.8 Å². The SMILES string of the molecule is Fc1cc(NC(=S)c2snnc2C(F)F)ccc1Cl. The van der Waals surface area contributed by atoms with Crippen molar-refractivity contribution in [2.24, 2.45) is 0 Å². The van der Waals surface area contributed by atoms with Gasteiger partial charge in [-0.1, -0.05) is 28.3 Å². The highest BCUT2D eigenvalue weighted by molar-refractivity contribution is 7.81. The van der Waals surface area contributed by atoms with Crippen LogP contribution in [0.5, 0.6) is 0 Å². The van der Waals surface area contributed by atoms with Crippen LogP contribution < -0.4 is 5.32 Å². The van der Waals surface area contributed by atoms with E-state index in [1.54, 1.807) is 0 Å². The second kappa shape index (κ2) is 5.81. The summed E-state index contributed by atoms with van der Waals surface area (Å²) >= 11 is 11.2. The Balaban J connectivity index is 2.21. The number of thiocarbonyl (C=S) groups is 1. The Morgan fingerprint density at radius 2 is 2.16 bits per heavy atom. The molecule has 0 saturated heterocycles. The first-order valence-electron chi connectivity index (χ1n) is 4.86. The fourth-order valence-corrected chi connectivity index (χ4v) is 2.28. The first-order chi connectivity index (χ1) is 8.99. The Labute approximate surface area is 120 Å². The molecule has 0 amide bonds. The minimum atomic E-state index is -2.77. The third-order valence-electron chi connectivity index (χ3n) is 2.10. The van der Waals surface area contributed by atoms with Crippen molar-refractivity contribution < 1.29 is 13.2 Å². The molecule has 0 atom stereocenters. The highest BCUT2D eigenvalue weighted by Gasteiger charge is 2.21. The predicted octanol–water partition coefficient (Wildman–Crippen LogP) is 4.06. The molecule has 0 fully saturated rings. The number of nitrogens with zero attached hydrogens (tertiary/aromatic N) is 2. The van der Waals surface area contributed by atoms with Crippen LogP contribution in [0.2, 0.25) is 5.02 Å². The van der Waals surface area contributed by atoms with Crippen LogP contribution in [0.15, 0.2) is 18.2 Å². The number of benzene rings is 1.